The van der Waals surface area contributed by atoms with Crippen molar-refractivity contribution in [1.29, 1.82) is 0 Å². The number of hydrogen-bond donors (Lipinski definition) is 3. The van der Waals surface area contributed by atoms with Gasteiger partial charge in [-0.1, -0.05) is 11.3 Å². The summed E-state index contributed by atoms with van der Waals surface area (Å²) in [6.45, 7) is 13.8. The molecular formula is C29H39N9OS. The van der Waals surface area contributed by atoms with Gasteiger partial charge in [0, 0.05) is 43.6 Å². The lowest BCUT2D eigenvalue weighted by molar-refractivity contribution is -0.119. The summed E-state index contributed by atoms with van der Waals surface area (Å²) in [4.78, 5) is 29.1. The number of carbonyl (C=O) groups is 1. The topological polar surface area (TPSA) is 121 Å². The van der Waals surface area contributed by atoms with Crippen LogP contribution in [0.25, 0.3) is 10.7 Å². The largest absolute Gasteiger partial charge is 0.382 e. The molecule has 0 atom stereocenters. The Hall–Kier alpha value is -3.18. The lowest BCUT2D eigenvalue weighted by Crippen LogP contribution is -2.39. The van der Waals surface area contributed by atoms with E-state index in [0.29, 0.717) is 17.7 Å². The van der Waals surface area contributed by atoms with Gasteiger partial charge in [0.25, 0.3) is 0 Å². The van der Waals surface area contributed by atoms with E-state index in [9.17, 15) is 4.79 Å². The van der Waals surface area contributed by atoms with Crippen LogP contribution >= 0.6 is 11.3 Å². The van der Waals surface area contributed by atoms with E-state index < -0.39 is 5.41 Å². The molecule has 0 aromatic carbocycles. The van der Waals surface area contributed by atoms with Crippen LogP contribution in [-0.2, 0) is 10.2 Å². The number of carbonyl (C=O) groups excluding carboxylic acids is 1. The maximum Gasteiger partial charge on any atom is 0.235 e. The summed E-state index contributed by atoms with van der Waals surface area (Å²) in [5.41, 5.74) is 3.41. The molecule has 11 heteroatoms. The van der Waals surface area contributed by atoms with Crippen molar-refractivity contribution in [3.63, 3.8) is 0 Å². The Morgan fingerprint density at radius 2 is 1.82 bits per heavy atom. The minimum Gasteiger partial charge on any atom is -0.382 e. The fraction of sp³-hybridized carbons (Fsp3) is 0.586. The molecule has 10 nitrogen and oxygen atoms in total. The third-order valence-corrected chi connectivity index (χ3v) is 9.15. The smallest absolute Gasteiger partial charge is 0.235 e. The second-order valence-electron chi connectivity index (χ2n) is 12.7. The van der Waals surface area contributed by atoms with E-state index in [1.807, 2.05) is 13.8 Å². The number of rotatable bonds is 8. The number of piperidine rings is 1. The van der Waals surface area contributed by atoms with E-state index in [0.717, 1.165) is 77.5 Å². The molecule has 3 aromatic heterocycles. The molecule has 6 rings (SSSR count). The number of amides is 1. The molecule has 2 fully saturated rings. The molecule has 2 aliphatic heterocycles. The van der Waals surface area contributed by atoms with E-state index >= 15 is 0 Å². The highest BCUT2D eigenvalue weighted by Gasteiger charge is 2.43. The summed E-state index contributed by atoms with van der Waals surface area (Å²) in [7, 11) is 0. The molecule has 212 valence electrons. The van der Waals surface area contributed by atoms with Crippen molar-refractivity contribution < 1.29 is 4.79 Å². The third-order valence-electron chi connectivity index (χ3n) is 8.04. The third kappa shape index (κ3) is 5.41. The van der Waals surface area contributed by atoms with Crippen LogP contribution in [0.15, 0.2) is 18.5 Å². The second kappa shape index (κ2) is 10.3. The highest BCUT2D eigenvalue weighted by Crippen LogP contribution is 2.44. The second-order valence-corrected chi connectivity index (χ2v) is 13.7. The molecule has 40 heavy (non-hydrogen) atoms. The molecule has 1 saturated heterocycles. The van der Waals surface area contributed by atoms with E-state index in [-0.39, 0.29) is 11.4 Å². The predicted octanol–water partition coefficient (Wildman–Crippen LogP) is 4.68. The fourth-order valence-electron chi connectivity index (χ4n) is 5.55. The van der Waals surface area contributed by atoms with Gasteiger partial charge >= 0.3 is 0 Å². The zero-order chi connectivity index (χ0) is 28.1. The minimum absolute atomic E-state index is 0.0293. The summed E-state index contributed by atoms with van der Waals surface area (Å²) in [5.74, 6) is 2.35. The average Bonchev–Trinajstić information content (AvgIpc) is 3.60. The Bertz CT molecular complexity index is 1400. The van der Waals surface area contributed by atoms with Crippen molar-refractivity contribution in [3.05, 3.63) is 34.7 Å². The van der Waals surface area contributed by atoms with Crippen molar-refractivity contribution in [1.82, 2.24) is 30.5 Å². The van der Waals surface area contributed by atoms with Gasteiger partial charge in [-0.2, -0.15) is 0 Å². The predicted molar refractivity (Wildman–Crippen MR) is 159 cm³/mol. The van der Waals surface area contributed by atoms with Crippen molar-refractivity contribution in [2.24, 2.45) is 0 Å². The molecule has 1 saturated carbocycles. The first kappa shape index (κ1) is 27.0. The Kier molecular flexibility index (Phi) is 6.98. The summed E-state index contributed by atoms with van der Waals surface area (Å²) >= 11 is 1.68. The van der Waals surface area contributed by atoms with E-state index in [2.05, 4.69) is 73.9 Å². The standard InChI is InChI=1S/C29H39N9OS/c1-28(2,3)33-13-12-30-19-8-9-20(26-37-36-25(40-26)18-6-7-18)34-22(19)17-10-14-38(15-11-17)24-21-23(31-16-32-24)35-27(39)29(21,4)5/h8-9,16-18,30,33H,6-7,10-15H2,1-5H3,(H,31,32,35,39). The molecule has 3 aromatic rings. The van der Waals surface area contributed by atoms with Crippen LogP contribution in [0.2, 0.25) is 0 Å². The number of aromatic nitrogens is 5. The monoisotopic (exact) mass is 561 g/mol. The fourth-order valence-corrected chi connectivity index (χ4v) is 6.53. The molecule has 0 bridgehead atoms. The SMILES string of the molecule is CC(C)(C)NCCNc1ccc(-c2nnc(C3CC3)s2)nc1C1CCN(c2ncnc3c2C(C)(C)C(=O)N3)CC1. The molecule has 3 aliphatic rings. The van der Waals surface area contributed by atoms with Gasteiger partial charge in [-0.25, -0.2) is 15.0 Å². The summed E-state index contributed by atoms with van der Waals surface area (Å²) in [6, 6.07) is 4.24. The van der Waals surface area contributed by atoms with Crippen LogP contribution in [0.1, 0.15) is 88.4 Å². The highest BCUT2D eigenvalue weighted by atomic mass is 32.1. The molecule has 1 aliphatic carbocycles. The van der Waals surface area contributed by atoms with Crippen molar-refractivity contribution in [2.75, 3.05) is 41.7 Å². The van der Waals surface area contributed by atoms with Gasteiger partial charge in [0.15, 0.2) is 5.01 Å². The number of nitrogens with one attached hydrogen (secondary N) is 3. The minimum atomic E-state index is -0.655. The van der Waals surface area contributed by atoms with Crippen molar-refractivity contribution in [2.45, 2.75) is 83.1 Å². The zero-order valence-electron chi connectivity index (χ0n) is 24.0. The zero-order valence-corrected chi connectivity index (χ0v) is 24.9. The number of nitrogens with zero attached hydrogens (tertiary/aromatic N) is 6. The number of hydrogen-bond acceptors (Lipinski definition) is 10. The lowest BCUT2D eigenvalue weighted by atomic mass is 9.86. The Balaban J connectivity index is 1.22. The van der Waals surface area contributed by atoms with Gasteiger partial charge in [0.05, 0.1) is 22.4 Å². The van der Waals surface area contributed by atoms with Gasteiger partial charge in [-0.3, -0.25) is 4.79 Å². The average molecular weight is 562 g/mol. The van der Waals surface area contributed by atoms with Crippen LogP contribution < -0.4 is 20.9 Å². The van der Waals surface area contributed by atoms with Crippen LogP contribution in [0.3, 0.4) is 0 Å². The maximum absolute atomic E-state index is 12.6. The maximum atomic E-state index is 12.6. The van der Waals surface area contributed by atoms with E-state index in [4.69, 9.17) is 4.98 Å². The number of pyridine rings is 1. The van der Waals surface area contributed by atoms with Crippen LogP contribution in [0.5, 0.6) is 0 Å². The summed E-state index contributed by atoms with van der Waals surface area (Å²) in [6.07, 6.45) is 5.87. The molecule has 0 unspecified atom stereocenters. The van der Waals surface area contributed by atoms with Gasteiger partial charge in [0.1, 0.15) is 28.7 Å². The molecule has 0 radical (unpaired) electrons. The Morgan fingerprint density at radius 3 is 2.55 bits per heavy atom. The first-order chi connectivity index (χ1) is 19.1. The van der Waals surface area contributed by atoms with Gasteiger partial charge in [-0.05, 0) is 72.4 Å². The van der Waals surface area contributed by atoms with E-state index in [1.165, 1.54) is 12.8 Å². The summed E-state index contributed by atoms with van der Waals surface area (Å²) in [5, 5.41) is 21.1. The van der Waals surface area contributed by atoms with Crippen molar-refractivity contribution in [3.8, 4) is 10.7 Å². The Labute approximate surface area is 239 Å². The first-order valence-electron chi connectivity index (χ1n) is 14.4. The van der Waals surface area contributed by atoms with Crippen LogP contribution in [0, 0.1) is 0 Å². The number of anilines is 3. The van der Waals surface area contributed by atoms with Gasteiger partial charge in [-0.15, -0.1) is 10.2 Å². The Morgan fingerprint density at radius 1 is 1.05 bits per heavy atom. The molecular weight excluding hydrogens is 522 g/mol. The van der Waals surface area contributed by atoms with Crippen LogP contribution in [0.4, 0.5) is 17.3 Å². The summed E-state index contributed by atoms with van der Waals surface area (Å²) < 4.78 is 0. The molecule has 5 heterocycles. The highest BCUT2D eigenvalue weighted by molar-refractivity contribution is 7.14. The molecule has 3 N–H and O–H groups in total. The quantitative estimate of drug-likeness (QED) is 0.337. The normalized spacial score (nSPS) is 19.0. The lowest BCUT2D eigenvalue weighted by Gasteiger charge is -2.35. The van der Waals surface area contributed by atoms with Gasteiger partial charge in [0.2, 0.25) is 5.91 Å². The van der Waals surface area contributed by atoms with Crippen LogP contribution in [-0.4, -0.2) is 62.8 Å². The number of fused-ring (bicyclic) bond motifs is 1. The van der Waals surface area contributed by atoms with E-state index in [1.54, 1.807) is 17.7 Å². The van der Waals surface area contributed by atoms with Gasteiger partial charge < -0.3 is 20.9 Å². The molecule has 1 amide bonds. The van der Waals surface area contributed by atoms with Crippen molar-refractivity contribution >= 4 is 34.6 Å². The first-order valence-corrected chi connectivity index (χ1v) is 15.2. The molecule has 0 spiro atoms.